The molecule has 0 N–H and O–H groups in total. The molecule has 1 atom stereocenters. The minimum atomic E-state index is -0.379. The molecule has 1 unspecified atom stereocenters. The molecule has 2 heterocycles. The van der Waals surface area contributed by atoms with E-state index in [0.717, 1.165) is 34.9 Å². The summed E-state index contributed by atoms with van der Waals surface area (Å²) in [6.45, 7) is 2.38. The molecule has 4 rings (SSSR count). The molecule has 0 saturated carbocycles. The fourth-order valence-electron chi connectivity index (χ4n) is 3.52. The van der Waals surface area contributed by atoms with Gasteiger partial charge in [0.2, 0.25) is 0 Å². The fourth-order valence-corrected chi connectivity index (χ4v) is 3.70. The van der Waals surface area contributed by atoms with Gasteiger partial charge >= 0.3 is 0 Å². The summed E-state index contributed by atoms with van der Waals surface area (Å²) in [5, 5.41) is 9.24. The lowest BCUT2D eigenvalue weighted by Crippen LogP contribution is -2.09. The van der Waals surface area contributed by atoms with Crippen LogP contribution < -0.4 is 9.47 Å². The maximum atomic E-state index is 6.34. The third kappa shape index (κ3) is 2.95. The molecule has 140 valence electrons. The van der Waals surface area contributed by atoms with E-state index < -0.39 is 0 Å². The van der Waals surface area contributed by atoms with Gasteiger partial charge in [0.25, 0.3) is 0 Å². The molecule has 1 aromatic heterocycles. The summed E-state index contributed by atoms with van der Waals surface area (Å²) in [6, 6.07) is 11.5. The van der Waals surface area contributed by atoms with Gasteiger partial charge < -0.3 is 14.2 Å². The van der Waals surface area contributed by atoms with Crippen LogP contribution in [0.25, 0.3) is 5.69 Å². The maximum Gasteiger partial charge on any atom is 0.166 e. The van der Waals surface area contributed by atoms with Gasteiger partial charge in [-0.3, -0.25) is 4.57 Å². The number of ether oxygens (including phenoxy) is 3. The summed E-state index contributed by atoms with van der Waals surface area (Å²) < 4.78 is 19.4. The largest absolute Gasteiger partial charge is 0.493 e. The number of hydrogen-bond acceptors (Lipinski definition) is 5. The summed E-state index contributed by atoms with van der Waals surface area (Å²) in [6.07, 6.45) is 0.387. The van der Waals surface area contributed by atoms with Gasteiger partial charge in [-0.15, -0.1) is 10.2 Å². The molecule has 0 saturated heterocycles. The molecule has 0 radical (unpaired) electrons. The van der Waals surface area contributed by atoms with Gasteiger partial charge in [-0.2, -0.15) is 0 Å². The van der Waals surface area contributed by atoms with E-state index in [1.54, 1.807) is 14.2 Å². The van der Waals surface area contributed by atoms with E-state index in [-0.39, 0.29) is 6.10 Å². The van der Waals surface area contributed by atoms with Crippen LogP contribution in [0.2, 0.25) is 5.02 Å². The van der Waals surface area contributed by atoms with Crippen LogP contribution in [-0.4, -0.2) is 29.0 Å². The molecule has 1 aliphatic rings. The van der Waals surface area contributed by atoms with Crippen LogP contribution in [0.15, 0.2) is 36.4 Å². The van der Waals surface area contributed by atoms with E-state index in [1.807, 2.05) is 36.4 Å². The number of halogens is 1. The Morgan fingerprint density at radius 1 is 1.15 bits per heavy atom. The molecule has 0 fully saturated rings. The van der Waals surface area contributed by atoms with Gasteiger partial charge in [0.05, 0.1) is 19.9 Å². The number of benzene rings is 2. The quantitative estimate of drug-likeness (QED) is 0.676. The summed E-state index contributed by atoms with van der Waals surface area (Å²) in [5.74, 6) is 2.94. The van der Waals surface area contributed by atoms with Gasteiger partial charge in [0.1, 0.15) is 18.5 Å². The minimum Gasteiger partial charge on any atom is -0.493 e. The zero-order valence-electron chi connectivity index (χ0n) is 15.4. The van der Waals surface area contributed by atoms with Crippen molar-refractivity contribution in [2.75, 3.05) is 14.2 Å². The minimum absolute atomic E-state index is 0.324. The standard InChI is InChI=1S/C20H20ClN3O3/c1-4-17-22-23-18-11-27-19(13-6-5-7-16(25-2)20(13)26-3)14-10-12(21)8-9-15(14)24(17)18/h5-10,19H,4,11H2,1-3H3. The van der Waals surface area contributed by atoms with Gasteiger partial charge in [0.15, 0.2) is 17.3 Å². The Morgan fingerprint density at radius 2 is 2.00 bits per heavy atom. The van der Waals surface area contributed by atoms with E-state index in [4.69, 9.17) is 25.8 Å². The first-order valence-electron chi connectivity index (χ1n) is 8.73. The second-order valence-corrected chi connectivity index (χ2v) is 6.63. The Labute approximate surface area is 162 Å². The third-order valence-corrected chi connectivity index (χ3v) is 4.96. The van der Waals surface area contributed by atoms with Crippen LogP contribution in [0.4, 0.5) is 0 Å². The summed E-state index contributed by atoms with van der Waals surface area (Å²) in [5.41, 5.74) is 2.77. The first-order chi connectivity index (χ1) is 13.2. The Bertz CT molecular complexity index is 987. The van der Waals surface area contributed by atoms with Crippen molar-refractivity contribution in [2.24, 2.45) is 0 Å². The van der Waals surface area contributed by atoms with Crippen LogP contribution in [-0.2, 0) is 17.8 Å². The molecule has 7 heteroatoms. The second kappa shape index (κ2) is 7.21. The third-order valence-electron chi connectivity index (χ3n) is 4.72. The molecule has 2 aromatic carbocycles. The van der Waals surface area contributed by atoms with Crippen LogP contribution in [0.1, 0.15) is 35.8 Å². The van der Waals surface area contributed by atoms with Crippen LogP contribution in [0, 0.1) is 0 Å². The number of fused-ring (bicyclic) bond motifs is 3. The highest BCUT2D eigenvalue weighted by Gasteiger charge is 2.30. The first kappa shape index (κ1) is 17.8. The number of aromatic nitrogens is 3. The van der Waals surface area contributed by atoms with E-state index in [9.17, 15) is 0 Å². The van der Waals surface area contributed by atoms with Crippen molar-refractivity contribution in [1.29, 1.82) is 0 Å². The Morgan fingerprint density at radius 3 is 2.74 bits per heavy atom. The fraction of sp³-hybridized carbons (Fsp3) is 0.300. The maximum absolute atomic E-state index is 6.34. The molecular formula is C20H20ClN3O3. The molecule has 0 amide bonds. The molecular weight excluding hydrogens is 366 g/mol. The first-order valence-corrected chi connectivity index (χ1v) is 9.11. The Hall–Kier alpha value is -2.57. The highest BCUT2D eigenvalue weighted by molar-refractivity contribution is 6.30. The van der Waals surface area contributed by atoms with Crippen LogP contribution in [0.5, 0.6) is 11.5 Å². The lowest BCUT2D eigenvalue weighted by atomic mass is 9.98. The molecule has 3 aromatic rings. The van der Waals surface area contributed by atoms with E-state index in [2.05, 4.69) is 21.7 Å². The van der Waals surface area contributed by atoms with Crippen molar-refractivity contribution in [2.45, 2.75) is 26.1 Å². The molecule has 0 aliphatic carbocycles. The van der Waals surface area contributed by atoms with Crippen molar-refractivity contribution < 1.29 is 14.2 Å². The van der Waals surface area contributed by atoms with E-state index in [1.165, 1.54) is 0 Å². The van der Waals surface area contributed by atoms with E-state index in [0.29, 0.717) is 23.1 Å². The van der Waals surface area contributed by atoms with Crippen LogP contribution >= 0.6 is 11.6 Å². The average Bonchev–Trinajstić information content (AvgIpc) is 3.03. The number of rotatable bonds is 4. The van der Waals surface area contributed by atoms with Gasteiger partial charge in [-0.05, 0) is 24.3 Å². The number of methoxy groups -OCH3 is 2. The summed E-state index contributed by atoms with van der Waals surface area (Å²) in [7, 11) is 3.25. The Balaban J connectivity index is 1.95. The number of nitrogens with zero attached hydrogens (tertiary/aromatic N) is 3. The SMILES string of the molecule is CCc1nnc2n1-c1ccc(Cl)cc1C(c1cccc(OC)c1OC)OC2. The predicted octanol–water partition coefficient (Wildman–Crippen LogP) is 4.12. The van der Waals surface area contributed by atoms with Crippen molar-refractivity contribution in [1.82, 2.24) is 14.8 Å². The molecule has 1 aliphatic heterocycles. The van der Waals surface area contributed by atoms with Gasteiger partial charge in [0, 0.05) is 22.6 Å². The second-order valence-electron chi connectivity index (χ2n) is 6.20. The molecule has 0 spiro atoms. The summed E-state index contributed by atoms with van der Waals surface area (Å²) >= 11 is 6.34. The lowest BCUT2D eigenvalue weighted by Gasteiger charge is -2.22. The zero-order valence-corrected chi connectivity index (χ0v) is 16.2. The molecule has 6 nitrogen and oxygen atoms in total. The van der Waals surface area contributed by atoms with Crippen molar-refractivity contribution in [3.05, 3.63) is 64.2 Å². The highest BCUT2D eigenvalue weighted by Crippen LogP contribution is 2.43. The normalized spacial score (nSPS) is 15.6. The number of aryl methyl sites for hydroxylation is 1. The highest BCUT2D eigenvalue weighted by atomic mass is 35.5. The van der Waals surface area contributed by atoms with Crippen LogP contribution in [0.3, 0.4) is 0 Å². The topological polar surface area (TPSA) is 58.4 Å². The van der Waals surface area contributed by atoms with Crippen molar-refractivity contribution in [3.63, 3.8) is 0 Å². The smallest absolute Gasteiger partial charge is 0.166 e. The van der Waals surface area contributed by atoms with Crippen molar-refractivity contribution in [3.8, 4) is 17.2 Å². The van der Waals surface area contributed by atoms with Crippen molar-refractivity contribution >= 4 is 11.6 Å². The average molecular weight is 386 g/mol. The van der Waals surface area contributed by atoms with E-state index >= 15 is 0 Å². The number of hydrogen-bond donors (Lipinski definition) is 0. The predicted molar refractivity (Wildman–Crippen MR) is 102 cm³/mol. The lowest BCUT2D eigenvalue weighted by molar-refractivity contribution is 0.0636. The summed E-state index contributed by atoms with van der Waals surface area (Å²) in [4.78, 5) is 0. The van der Waals surface area contributed by atoms with Gasteiger partial charge in [-0.25, -0.2) is 0 Å². The monoisotopic (exact) mass is 385 g/mol. The zero-order chi connectivity index (χ0) is 19.0. The molecule has 27 heavy (non-hydrogen) atoms. The molecule has 0 bridgehead atoms. The number of para-hydroxylation sites is 1. The Kier molecular flexibility index (Phi) is 4.76. The van der Waals surface area contributed by atoms with Gasteiger partial charge in [-0.1, -0.05) is 30.7 Å².